The van der Waals surface area contributed by atoms with Gasteiger partial charge in [-0.3, -0.25) is 9.78 Å². The Kier molecular flexibility index (Phi) is 5.02. The number of ether oxygens (including phenoxy) is 1. The molecule has 1 amide bonds. The lowest BCUT2D eigenvalue weighted by molar-refractivity contribution is 0.0980. The van der Waals surface area contributed by atoms with Gasteiger partial charge in [-0.2, -0.15) is 4.98 Å². The van der Waals surface area contributed by atoms with E-state index in [9.17, 15) is 4.79 Å². The molecule has 0 unspecified atom stereocenters. The van der Waals surface area contributed by atoms with Crippen molar-refractivity contribution in [2.45, 2.75) is 6.92 Å². The van der Waals surface area contributed by atoms with E-state index in [0.717, 1.165) is 5.69 Å². The van der Waals surface area contributed by atoms with E-state index in [1.165, 1.54) is 6.20 Å². The van der Waals surface area contributed by atoms with Crippen LogP contribution in [0.1, 0.15) is 17.4 Å². The second-order valence-electron chi connectivity index (χ2n) is 6.29. The number of carbonyl (C=O) groups is 1. The third-order valence-corrected chi connectivity index (χ3v) is 4.62. The van der Waals surface area contributed by atoms with Crippen molar-refractivity contribution in [2.75, 3.05) is 42.6 Å². The molecule has 0 saturated carbocycles. The third-order valence-electron chi connectivity index (χ3n) is 4.62. The van der Waals surface area contributed by atoms with E-state index in [-0.39, 0.29) is 5.91 Å². The number of hydrogen-bond donors (Lipinski definition) is 0. The largest absolute Gasteiger partial charge is 0.378 e. The van der Waals surface area contributed by atoms with Crippen LogP contribution in [0, 0.1) is 0 Å². The van der Waals surface area contributed by atoms with E-state index >= 15 is 0 Å². The van der Waals surface area contributed by atoms with E-state index in [1.54, 1.807) is 35.0 Å². The summed E-state index contributed by atoms with van der Waals surface area (Å²) in [6.45, 7) is 5.06. The van der Waals surface area contributed by atoms with Crippen LogP contribution in [0.25, 0.3) is 11.6 Å². The Hall–Kier alpha value is -3.27. The fraction of sp³-hybridized carbons (Fsp3) is 0.389. The van der Waals surface area contributed by atoms with Crippen molar-refractivity contribution in [2.24, 2.45) is 7.05 Å². The topological polar surface area (TPSA) is 102 Å². The van der Waals surface area contributed by atoms with Crippen molar-refractivity contribution in [1.82, 2.24) is 24.7 Å². The van der Waals surface area contributed by atoms with Crippen LogP contribution in [0.15, 0.2) is 35.2 Å². The molecule has 1 fully saturated rings. The van der Waals surface area contributed by atoms with Crippen LogP contribution in [0.2, 0.25) is 0 Å². The molecule has 3 aromatic rings. The van der Waals surface area contributed by atoms with Crippen LogP contribution in [0.5, 0.6) is 0 Å². The third kappa shape index (κ3) is 3.33. The standard InChI is InChI=1S/C18H21N7O3/c1-3-25(13-5-4-6-19-11-13)17(26)14-12-20-16(23(14)2)15-21-18(28-22-15)24-7-9-27-10-8-24/h4-6,11-12H,3,7-10H2,1-2H3. The predicted octanol–water partition coefficient (Wildman–Crippen LogP) is 1.37. The summed E-state index contributed by atoms with van der Waals surface area (Å²) in [5.74, 6) is 0.634. The normalized spacial score (nSPS) is 14.3. The molecular formula is C18H21N7O3. The number of pyridine rings is 1. The fourth-order valence-corrected chi connectivity index (χ4v) is 3.10. The van der Waals surface area contributed by atoms with Crippen LogP contribution in [-0.2, 0) is 11.8 Å². The first-order valence-electron chi connectivity index (χ1n) is 9.09. The molecule has 4 rings (SSSR count). The zero-order chi connectivity index (χ0) is 19.5. The highest BCUT2D eigenvalue weighted by molar-refractivity contribution is 6.05. The van der Waals surface area contributed by atoms with Crippen LogP contribution in [-0.4, -0.2) is 63.4 Å². The molecule has 1 aliphatic heterocycles. The monoisotopic (exact) mass is 383 g/mol. The lowest BCUT2D eigenvalue weighted by atomic mass is 10.3. The maximum Gasteiger partial charge on any atom is 0.324 e. The number of nitrogens with zero attached hydrogens (tertiary/aromatic N) is 7. The van der Waals surface area contributed by atoms with Crippen LogP contribution in [0.3, 0.4) is 0 Å². The van der Waals surface area contributed by atoms with E-state index < -0.39 is 0 Å². The van der Waals surface area contributed by atoms with Gasteiger partial charge in [0.2, 0.25) is 5.82 Å². The van der Waals surface area contributed by atoms with Gasteiger partial charge in [-0.05, 0) is 19.1 Å². The molecule has 0 aromatic carbocycles. The summed E-state index contributed by atoms with van der Waals surface area (Å²) in [4.78, 5) is 29.5. The Morgan fingerprint density at radius 2 is 2.11 bits per heavy atom. The maximum absolute atomic E-state index is 13.0. The first-order valence-corrected chi connectivity index (χ1v) is 9.09. The van der Waals surface area contributed by atoms with Gasteiger partial charge in [0.25, 0.3) is 5.91 Å². The van der Waals surface area contributed by atoms with Gasteiger partial charge >= 0.3 is 6.01 Å². The van der Waals surface area contributed by atoms with Gasteiger partial charge in [0.15, 0.2) is 5.82 Å². The van der Waals surface area contributed by atoms with E-state index in [2.05, 4.69) is 20.1 Å². The fourth-order valence-electron chi connectivity index (χ4n) is 3.10. The summed E-state index contributed by atoms with van der Waals surface area (Å²) in [7, 11) is 1.76. The van der Waals surface area contributed by atoms with Crippen molar-refractivity contribution in [1.29, 1.82) is 0 Å². The van der Waals surface area contributed by atoms with Gasteiger partial charge in [0.05, 0.1) is 31.3 Å². The smallest absolute Gasteiger partial charge is 0.324 e. The molecular weight excluding hydrogens is 362 g/mol. The van der Waals surface area contributed by atoms with Gasteiger partial charge in [0.1, 0.15) is 5.69 Å². The number of aromatic nitrogens is 5. The van der Waals surface area contributed by atoms with Gasteiger partial charge in [-0.1, -0.05) is 5.16 Å². The zero-order valence-electron chi connectivity index (χ0n) is 15.8. The van der Waals surface area contributed by atoms with Crippen LogP contribution >= 0.6 is 0 Å². The molecule has 1 aliphatic rings. The molecule has 1 saturated heterocycles. The van der Waals surface area contributed by atoms with Crippen LogP contribution < -0.4 is 9.80 Å². The Bertz CT molecular complexity index is 947. The average molecular weight is 383 g/mol. The van der Waals surface area contributed by atoms with Gasteiger partial charge in [0, 0.05) is 32.9 Å². The second kappa shape index (κ2) is 7.77. The van der Waals surface area contributed by atoms with Gasteiger partial charge in [-0.15, -0.1) is 0 Å². The predicted molar refractivity (Wildman–Crippen MR) is 101 cm³/mol. The number of hydrogen-bond acceptors (Lipinski definition) is 8. The summed E-state index contributed by atoms with van der Waals surface area (Å²) in [5, 5.41) is 4.03. The second-order valence-corrected chi connectivity index (χ2v) is 6.29. The minimum absolute atomic E-state index is 0.173. The molecule has 28 heavy (non-hydrogen) atoms. The molecule has 0 aliphatic carbocycles. The van der Waals surface area contributed by atoms with Crippen molar-refractivity contribution >= 4 is 17.6 Å². The Morgan fingerprint density at radius 3 is 2.82 bits per heavy atom. The first-order chi connectivity index (χ1) is 13.7. The maximum atomic E-state index is 13.0. The molecule has 0 atom stereocenters. The molecule has 0 bridgehead atoms. The average Bonchev–Trinajstić information content (AvgIpc) is 3.37. The van der Waals surface area contributed by atoms with Crippen molar-refractivity contribution in [3.05, 3.63) is 36.4 Å². The molecule has 10 heteroatoms. The number of morpholine rings is 1. The minimum atomic E-state index is -0.173. The van der Waals surface area contributed by atoms with E-state index in [4.69, 9.17) is 9.26 Å². The number of imidazole rings is 1. The Morgan fingerprint density at radius 1 is 1.29 bits per heavy atom. The van der Waals surface area contributed by atoms with Crippen LogP contribution in [0.4, 0.5) is 11.7 Å². The number of carbonyl (C=O) groups excluding carboxylic acids is 1. The number of amides is 1. The lowest BCUT2D eigenvalue weighted by Crippen LogP contribution is -2.36. The summed E-state index contributed by atoms with van der Waals surface area (Å²) in [6, 6.07) is 4.08. The number of anilines is 2. The quantitative estimate of drug-likeness (QED) is 0.651. The first kappa shape index (κ1) is 18.1. The Labute approximate surface area is 161 Å². The molecule has 10 nitrogen and oxygen atoms in total. The van der Waals surface area contributed by atoms with Gasteiger partial charge < -0.3 is 23.6 Å². The summed E-state index contributed by atoms with van der Waals surface area (Å²) in [6.07, 6.45) is 4.86. The highest BCUT2D eigenvalue weighted by Gasteiger charge is 2.24. The highest BCUT2D eigenvalue weighted by atomic mass is 16.5. The molecule has 3 aromatic heterocycles. The lowest BCUT2D eigenvalue weighted by Gasteiger charge is -2.24. The van der Waals surface area contributed by atoms with E-state index in [0.29, 0.717) is 56.2 Å². The summed E-state index contributed by atoms with van der Waals surface area (Å²) < 4.78 is 12.4. The molecule has 0 N–H and O–H groups in total. The summed E-state index contributed by atoms with van der Waals surface area (Å²) >= 11 is 0. The van der Waals surface area contributed by atoms with Crippen molar-refractivity contribution < 1.29 is 14.1 Å². The zero-order valence-corrected chi connectivity index (χ0v) is 15.8. The Balaban J connectivity index is 1.59. The minimum Gasteiger partial charge on any atom is -0.378 e. The molecule has 0 radical (unpaired) electrons. The SMILES string of the molecule is CCN(C(=O)c1cnc(-c2noc(N3CCOCC3)n2)n1C)c1cccnc1. The van der Waals surface area contributed by atoms with E-state index in [1.807, 2.05) is 17.9 Å². The van der Waals surface area contributed by atoms with Gasteiger partial charge in [-0.25, -0.2) is 4.98 Å². The number of rotatable bonds is 5. The summed E-state index contributed by atoms with van der Waals surface area (Å²) in [5.41, 5.74) is 1.16. The molecule has 4 heterocycles. The van der Waals surface area contributed by atoms with Crippen molar-refractivity contribution in [3.63, 3.8) is 0 Å². The van der Waals surface area contributed by atoms with Crippen molar-refractivity contribution in [3.8, 4) is 11.6 Å². The molecule has 146 valence electrons. The highest BCUT2D eigenvalue weighted by Crippen LogP contribution is 2.22. The molecule has 0 spiro atoms.